The van der Waals surface area contributed by atoms with E-state index in [1.54, 1.807) is 36.5 Å². The quantitative estimate of drug-likeness (QED) is 0.742. The van der Waals surface area contributed by atoms with Gasteiger partial charge in [0.2, 0.25) is 0 Å². The summed E-state index contributed by atoms with van der Waals surface area (Å²) in [6.45, 7) is 0. The van der Waals surface area contributed by atoms with Gasteiger partial charge in [0.15, 0.2) is 11.6 Å². The Labute approximate surface area is 125 Å². The second-order valence-electron chi connectivity index (χ2n) is 5.19. The normalized spacial score (nSPS) is 14.1. The number of aromatic amines is 1. The molecule has 0 fully saturated rings. The number of rotatable bonds is 1. The number of nitrogens with one attached hydrogen (secondary N) is 1. The summed E-state index contributed by atoms with van der Waals surface area (Å²) >= 11 is 0. The zero-order chi connectivity index (χ0) is 15.3. The van der Waals surface area contributed by atoms with Crippen molar-refractivity contribution in [3.8, 4) is 0 Å². The Hall–Kier alpha value is -3.01. The largest absolute Gasteiger partial charge is 0.361 e. The van der Waals surface area contributed by atoms with Gasteiger partial charge in [0.1, 0.15) is 5.82 Å². The van der Waals surface area contributed by atoms with E-state index in [2.05, 4.69) is 4.98 Å². The summed E-state index contributed by atoms with van der Waals surface area (Å²) in [7, 11) is 0. The van der Waals surface area contributed by atoms with Crippen LogP contribution in [0.25, 0.3) is 16.5 Å². The summed E-state index contributed by atoms with van der Waals surface area (Å²) in [5.41, 5.74) is 2.34. The van der Waals surface area contributed by atoms with E-state index in [1.165, 1.54) is 18.2 Å². The van der Waals surface area contributed by atoms with Gasteiger partial charge in [0.05, 0.1) is 0 Å². The van der Waals surface area contributed by atoms with Crippen molar-refractivity contribution >= 4 is 28.0 Å². The number of benzene rings is 2. The highest BCUT2D eigenvalue weighted by Gasteiger charge is 2.27. The molecule has 1 aromatic heterocycles. The number of carbonyl (C=O) groups excluding carboxylic acids is 2. The third kappa shape index (κ3) is 1.74. The van der Waals surface area contributed by atoms with E-state index in [0.29, 0.717) is 27.6 Å². The van der Waals surface area contributed by atoms with Gasteiger partial charge < -0.3 is 4.98 Å². The Kier molecular flexibility index (Phi) is 2.60. The maximum Gasteiger partial charge on any atom is 0.194 e. The van der Waals surface area contributed by atoms with Crippen LogP contribution in [-0.2, 0) is 0 Å². The highest BCUT2D eigenvalue weighted by Crippen LogP contribution is 2.32. The predicted octanol–water partition coefficient (Wildman–Crippen LogP) is 3.77. The van der Waals surface area contributed by atoms with Crippen LogP contribution in [0, 0.1) is 5.82 Å². The first-order chi connectivity index (χ1) is 10.6. The zero-order valence-electron chi connectivity index (χ0n) is 11.4. The lowest BCUT2D eigenvalue weighted by Crippen LogP contribution is -2.15. The minimum absolute atomic E-state index is 0.212. The second-order valence-corrected chi connectivity index (χ2v) is 5.19. The maximum absolute atomic E-state index is 13.5. The van der Waals surface area contributed by atoms with Crippen LogP contribution >= 0.6 is 0 Å². The summed E-state index contributed by atoms with van der Waals surface area (Å²) in [4.78, 5) is 27.9. The molecular weight excluding hydrogens is 281 g/mol. The van der Waals surface area contributed by atoms with Gasteiger partial charge in [-0.3, -0.25) is 9.59 Å². The molecule has 0 bridgehead atoms. The van der Waals surface area contributed by atoms with Crippen molar-refractivity contribution < 1.29 is 14.0 Å². The van der Waals surface area contributed by atoms with Crippen molar-refractivity contribution in [1.29, 1.82) is 0 Å². The molecule has 0 saturated carbocycles. The Morgan fingerprint density at radius 1 is 0.909 bits per heavy atom. The van der Waals surface area contributed by atoms with Crippen LogP contribution in [-0.4, -0.2) is 16.6 Å². The highest BCUT2D eigenvalue weighted by molar-refractivity contribution is 6.39. The van der Waals surface area contributed by atoms with Crippen LogP contribution in [0.3, 0.4) is 0 Å². The van der Waals surface area contributed by atoms with Gasteiger partial charge in [-0.15, -0.1) is 0 Å². The highest BCUT2D eigenvalue weighted by atomic mass is 19.1. The third-order valence-corrected chi connectivity index (χ3v) is 3.89. The molecule has 3 nitrogen and oxygen atoms in total. The van der Waals surface area contributed by atoms with Crippen molar-refractivity contribution in [1.82, 2.24) is 4.98 Å². The first kappa shape index (κ1) is 12.7. The van der Waals surface area contributed by atoms with Gasteiger partial charge in [-0.25, -0.2) is 4.39 Å². The summed E-state index contributed by atoms with van der Waals surface area (Å²) in [6, 6.07) is 11.0. The van der Waals surface area contributed by atoms with Crippen molar-refractivity contribution in [2.45, 2.75) is 0 Å². The van der Waals surface area contributed by atoms with Crippen molar-refractivity contribution in [3.63, 3.8) is 0 Å². The predicted molar refractivity (Wildman–Crippen MR) is 81.3 cm³/mol. The number of H-pyrrole nitrogens is 1. The van der Waals surface area contributed by atoms with E-state index in [4.69, 9.17) is 0 Å². The number of aromatic nitrogens is 1. The zero-order valence-corrected chi connectivity index (χ0v) is 11.4. The molecule has 3 aromatic rings. The molecule has 1 N–H and O–H groups in total. The fraction of sp³-hybridized carbons (Fsp3) is 0. The van der Waals surface area contributed by atoms with Gasteiger partial charge in [0, 0.05) is 39.4 Å². The first-order valence-electron chi connectivity index (χ1n) is 6.82. The maximum atomic E-state index is 13.5. The molecule has 1 heterocycles. The minimum atomic E-state index is -0.385. The number of hydrogen-bond acceptors (Lipinski definition) is 2. The molecule has 106 valence electrons. The Balaban J connectivity index is 1.94. The first-order valence-corrected chi connectivity index (χ1v) is 6.82. The van der Waals surface area contributed by atoms with Gasteiger partial charge in [-0.05, 0) is 24.3 Å². The molecule has 0 unspecified atom stereocenters. The minimum Gasteiger partial charge on any atom is -0.361 e. The number of ketones is 2. The molecular formula is C18H10FNO2. The molecule has 22 heavy (non-hydrogen) atoms. The number of halogens is 1. The lowest BCUT2D eigenvalue weighted by molar-refractivity contribution is 0.100. The van der Waals surface area contributed by atoms with E-state index in [0.717, 1.165) is 5.52 Å². The van der Waals surface area contributed by atoms with Gasteiger partial charge >= 0.3 is 0 Å². The van der Waals surface area contributed by atoms with Crippen LogP contribution in [0.4, 0.5) is 4.39 Å². The smallest absolute Gasteiger partial charge is 0.194 e. The van der Waals surface area contributed by atoms with Crippen LogP contribution in [0.15, 0.2) is 54.7 Å². The molecule has 0 spiro atoms. The van der Waals surface area contributed by atoms with Gasteiger partial charge in [-0.2, -0.15) is 0 Å². The molecule has 1 aliphatic rings. The van der Waals surface area contributed by atoms with E-state index in [1.807, 2.05) is 0 Å². The van der Waals surface area contributed by atoms with Crippen molar-refractivity contribution in [3.05, 3.63) is 77.2 Å². The lowest BCUT2D eigenvalue weighted by Gasteiger charge is -2.14. The molecule has 4 heteroatoms. The Morgan fingerprint density at radius 3 is 2.50 bits per heavy atom. The van der Waals surface area contributed by atoms with E-state index in [9.17, 15) is 14.0 Å². The van der Waals surface area contributed by atoms with Crippen molar-refractivity contribution in [2.75, 3.05) is 0 Å². The van der Waals surface area contributed by atoms with E-state index in [-0.39, 0.29) is 17.4 Å². The number of hydrogen-bond donors (Lipinski definition) is 1. The molecule has 0 saturated heterocycles. The van der Waals surface area contributed by atoms with Crippen LogP contribution in [0.5, 0.6) is 0 Å². The van der Waals surface area contributed by atoms with E-state index < -0.39 is 0 Å². The summed E-state index contributed by atoms with van der Waals surface area (Å²) in [5, 5.41) is 0.590. The Morgan fingerprint density at radius 2 is 1.68 bits per heavy atom. The molecule has 0 aliphatic heterocycles. The summed E-state index contributed by atoms with van der Waals surface area (Å²) in [6.07, 6.45) is 2.97. The summed E-state index contributed by atoms with van der Waals surface area (Å²) in [5.74, 6) is -0.819. The average Bonchev–Trinajstić information content (AvgIpc) is 2.94. The molecule has 1 aliphatic carbocycles. The number of fused-ring (bicyclic) bond motifs is 2. The molecule has 0 radical (unpaired) electrons. The number of carbonyl (C=O) groups is 2. The van der Waals surface area contributed by atoms with Crippen LogP contribution in [0.2, 0.25) is 0 Å². The molecule has 4 rings (SSSR count). The van der Waals surface area contributed by atoms with Crippen LogP contribution < -0.4 is 0 Å². The standard InChI is InChI=1S/C18H10FNO2/c19-10-5-6-16-13(7-10)15(9-20-16)14-8-17(21)11-3-1-2-4-12(11)18(14)22/h1-9,20H. The fourth-order valence-corrected chi connectivity index (χ4v) is 2.83. The molecule has 0 atom stereocenters. The van der Waals surface area contributed by atoms with E-state index >= 15 is 0 Å². The number of allylic oxidation sites excluding steroid dienone is 2. The van der Waals surface area contributed by atoms with Crippen molar-refractivity contribution in [2.24, 2.45) is 0 Å². The van der Waals surface area contributed by atoms with Gasteiger partial charge in [-0.1, -0.05) is 24.3 Å². The Bertz CT molecular complexity index is 982. The van der Waals surface area contributed by atoms with Gasteiger partial charge in [0.25, 0.3) is 0 Å². The second kappa shape index (κ2) is 4.49. The van der Waals surface area contributed by atoms with Crippen LogP contribution in [0.1, 0.15) is 26.3 Å². The number of Topliss-reactive ketones (excluding diaryl/α,β-unsaturated/α-hetero) is 1. The molecule has 2 aromatic carbocycles. The topological polar surface area (TPSA) is 49.9 Å². The summed E-state index contributed by atoms with van der Waals surface area (Å²) < 4.78 is 13.5. The monoisotopic (exact) mass is 291 g/mol. The molecule has 0 amide bonds. The third-order valence-electron chi connectivity index (χ3n) is 3.89. The fourth-order valence-electron chi connectivity index (χ4n) is 2.83. The SMILES string of the molecule is O=C1C=C(c2c[nH]c3ccc(F)cc23)C(=O)c2ccccc21. The average molecular weight is 291 g/mol. The lowest BCUT2D eigenvalue weighted by atomic mass is 9.86.